The Balaban J connectivity index is 1.23. The van der Waals surface area contributed by atoms with Crippen molar-refractivity contribution in [2.45, 2.75) is 37.4 Å². The van der Waals surface area contributed by atoms with Crippen molar-refractivity contribution in [2.75, 3.05) is 19.6 Å². The normalized spacial score (nSPS) is 19.8. The fourth-order valence-corrected chi connectivity index (χ4v) is 4.36. The van der Waals surface area contributed by atoms with E-state index in [4.69, 9.17) is 4.74 Å². The third kappa shape index (κ3) is 5.63. The Morgan fingerprint density at radius 2 is 1.76 bits per heavy atom. The van der Waals surface area contributed by atoms with Gasteiger partial charge in [0, 0.05) is 31.3 Å². The Kier molecular flexibility index (Phi) is 6.83. The van der Waals surface area contributed by atoms with Gasteiger partial charge in [0.05, 0.1) is 11.7 Å². The first-order valence-electron chi connectivity index (χ1n) is 11.0. The number of piperidine rings is 1. The molecule has 1 N–H and O–H groups in total. The molecule has 2 aliphatic rings. The average Bonchev–Trinajstić information content (AvgIpc) is 3.21. The van der Waals surface area contributed by atoms with Crippen LogP contribution >= 0.6 is 0 Å². The molecule has 4 rings (SSSR count). The molecule has 2 aliphatic heterocycles. The lowest BCUT2D eigenvalue weighted by Crippen LogP contribution is -2.47. The van der Waals surface area contributed by atoms with E-state index in [0.717, 1.165) is 25.0 Å². The molecule has 0 aromatic heterocycles. The number of carbonyl (C=O) groups is 2. The SMILES string of the molecule is O=C(/C=C/c1ccc(F)c(F)c1)NC[C@H]1CCC2(CCN(C(=O)c3ccc(F)cc3)CC2)O1. The van der Waals surface area contributed by atoms with Crippen LogP contribution in [0.3, 0.4) is 0 Å². The van der Waals surface area contributed by atoms with Crippen molar-refractivity contribution >= 4 is 17.9 Å². The van der Waals surface area contributed by atoms with Gasteiger partial charge in [-0.05, 0) is 73.7 Å². The predicted octanol–water partition coefficient (Wildman–Crippen LogP) is 4.09. The molecule has 33 heavy (non-hydrogen) atoms. The summed E-state index contributed by atoms with van der Waals surface area (Å²) >= 11 is 0. The minimum absolute atomic E-state index is 0.112. The molecular weight excluding hydrogens is 433 g/mol. The summed E-state index contributed by atoms with van der Waals surface area (Å²) in [6.45, 7) is 1.47. The zero-order valence-corrected chi connectivity index (χ0v) is 18.0. The second-order valence-corrected chi connectivity index (χ2v) is 8.51. The number of nitrogens with one attached hydrogen (secondary N) is 1. The summed E-state index contributed by atoms with van der Waals surface area (Å²) in [5.41, 5.74) is 0.565. The predicted molar refractivity (Wildman–Crippen MR) is 117 cm³/mol. The van der Waals surface area contributed by atoms with Crippen LogP contribution in [0, 0.1) is 17.5 Å². The molecule has 2 aromatic carbocycles. The first-order valence-corrected chi connectivity index (χ1v) is 11.0. The molecule has 2 fully saturated rings. The molecule has 0 bridgehead atoms. The molecule has 2 amide bonds. The summed E-state index contributed by atoms with van der Waals surface area (Å²) in [5.74, 6) is -2.73. The smallest absolute Gasteiger partial charge is 0.253 e. The molecule has 0 aliphatic carbocycles. The highest BCUT2D eigenvalue weighted by Gasteiger charge is 2.43. The zero-order chi connectivity index (χ0) is 23.4. The number of rotatable bonds is 5. The topological polar surface area (TPSA) is 58.6 Å². The van der Waals surface area contributed by atoms with E-state index in [2.05, 4.69) is 5.32 Å². The lowest BCUT2D eigenvalue weighted by molar-refractivity contribution is -0.118. The van der Waals surface area contributed by atoms with Crippen molar-refractivity contribution in [1.29, 1.82) is 0 Å². The highest BCUT2D eigenvalue weighted by atomic mass is 19.2. The highest BCUT2D eigenvalue weighted by Crippen LogP contribution is 2.39. The number of ether oxygens (including phenoxy) is 1. The van der Waals surface area contributed by atoms with E-state index in [-0.39, 0.29) is 29.3 Å². The summed E-state index contributed by atoms with van der Waals surface area (Å²) in [7, 11) is 0. The average molecular weight is 458 g/mol. The van der Waals surface area contributed by atoms with Crippen LogP contribution in [0.2, 0.25) is 0 Å². The third-order valence-electron chi connectivity index (χ3n) is 6.27. The third-order valence-corrected chi connectivity index (χ3v) is 6.27. The van der Waals surface area contributed by atoms with Gasteiger partial charge in [-0.15, -0.1) is 0 Å². The van der Waals surface area contributed by atoms with Gasteiger partial charge in [-0.1, -0.05) is 6.07 Å². The first-order chi connectivity index (χ1) is 15.8. The highest BCUT2D eigenvalue weighted by molar-refractivity contribution is 5.94. The summed E-state index contributed by atoms with van der Waals surface area (Å²) in [5, 5.41) is 2.78. The molecule has 174 valence electrons. The Labute approximate surface area is 190 Å². The Morgan fingerprint density at radius 1 is 1.03 bits per heavy atom. The number of carbonyl (C=O) groups excluding carboxylic acids is 2. The van der Waals surface area contributed by atoms with E-state index < -0.39 is 11.6 Å². The van der Waals surface area contributed by atoms with E-state index in [9.17, 15) is 22.8 Å². The molecule has 0 radical (unpaired) electrons. The van der Waals surface area contributed by atoms with E-state index in [1.807, 2.05) is 0 Å². The second kappa shape index (κ2) is 9.79. The monoisotopic (exact) mass is 458 g/mol. The van der Waals surface area contributed by atoms with E-state index in [1.165, 1.54) is 42.5 Å². The van der Waals surface area contributed by atoms with Crippen LogP contribution in [0.1, 0.15) is 41.6 Å². The summed E-state index contributed by atoms with van der Waals surface area (Å²) in [6, 6.07) is 8.98. The Bertz CT molecular complexity index is 1050. The number of benzene rings is 2. The van der Waals surface area contributed by atoms with Gasteiger partial charge < -0.3 is 15.0 Å². The minimum atomic E-state index is -0.965. The fourth-order valence-electron chi connectivity index (χ4n) is 4.36. The first kappa shape index (κ1) is 23.0. The molecule has 1 spiro atoms. The van der Waals surface area contributed by atoms with Crippen LogP contribution in [0.25, 0.3) is 6.08 Å². The molecule has 2 heterocycles. The van der Waals surface area contributed by atoms with Gasteiger partial charge in [-0.25, -0.2) is 13.2 Å². The molecule has 0 unspecified atom stereocenters. The van der Waals surface area contributed by atoms with Crippen molar-refractivity contribution in [3.05, 3.63) is 77.1 Å². The van der Waals surface area contributed by atoms with Gasteiger partial charge >= 0.3 is 0 Å². The van der Waals surface area contributed by atoms with Crippen LogP contribution in [0.4, 0.5) is 13.2 Å². The van der Waals surface area contributed by atoms with Crippen LogP contribution in [-0.4, -0.2) is 48.1 Å². The number of hydrogen-bond acceptors (Lipinski definition) is 3. The molecule has 2 aromatic rings. The maximum absolute atomic E-state index is 13.2. The molecule has 0 saturated carbocycles. The number of nitrogens with zero attached hydrogens (tertiary/aromatic N) is 1. The van der Waals surface area contributed by atoms with Crippen molar-refractivity contribution in [1.82, 2.24) is 10.2 Å². The van der Waals surface area contributed by atoms with E-state index in [0.29, 0.717) is 43.6 Å². The van der Waals surface area contributed by atoms with Gasteiger partial charge in [0.15, 0.2) is 11.6 Å². The van der Waals surface area contributed by atoms with Gasteiger partial charge in [-0.3, -0.25) is 9.59 Å². The number of likely N-dealkylation sites (tertiary alicyclic amines) is 1. The fraction of sp³-hybridized carbons (Fsp3) is 0.360. The minimum Gasteiger partial charge on any atom is -0.370 e. The van der Waals surface area contributed by atoms with Crippen LogP contribution in [0.5, 0.6) is 0 Å². The molecular formula is C25H25F3N2O3. The van der Waals surface area contributed by atoms with Crippen molar-refractivity contribution < 1.29 is 27.5 Å². The van der Waals surface area contributed by atoms with Gasteiger partial charge in [0.2, 0.25) is 5.91 Å². The molecule has 1 atom stereocenters. The number of hydrogen-bond donors (Lipinski definition) is 1. The number of amides is 2. The van der Waals surface area contributed by atoms with Crippen LogP contribution in [0.15, 0.2) is 48.5 Å². The van der Waals surface area contributed by atoms with E-state index >= 15 is 0 Å². The maximum atomic E-state index is 13.2. The molecule has 2 saturated heterocycles. The van der Waals surface area contributed by atoms with Crippen molar-refractivity contribution in [3.63, 3.8) is 0 Å². The lowest BCUT2D eigenvalue weighted by atomic mass is 9.88. The quantitative estimate of drug-likeness (QED) is 0.687. The maximum Gasteiger partial charge on any atom is 0.253 e. The van der Waals surface area contributed by atoms with Gasteiger partial charge in [0.1, 0.15) is 5.82 Å². The standard InChI is InChI=1S/C25H25F3N2O3/c26-19-5-3-18(4-6-19)24(32)30-13-11-25(12-14-30)10-9-20(33-25)16-29-23(31)8-2-17-1-7-21(27)22(28)15-17/h1-8,15,20H,9-14,16H2,(H,29,31)/b8-2+/t20-/m1/s1. The molecule has 5 nitrogen and oxygen atoms in total. The van der Waals surface area contributed by atoms with Gasteiger partial charge in [0.25, 0.3) is 5.91 Å². The van der Waals surface area contributed by atoms with E-state index in [1.54, 1.807) is 4.90 Å². The second-order valence-electron chi connectivity index (χ2n) is 8.51. The Morgan fingerprint density at radius 3 is 2.45 bits per heavy atom. The van der Waals surface area contributed by atoms with Crippen LogP contribution < -0.4 is 5.32 Å². The van der Waals surface area contributed by atoms with Gasteiger partial charge in [-0.2, -0.15) is 0 Å². The van der Waals surface area contributed by atoms with Crippen LogP contribution in [-0.2, 0) is 9.53 Å². The lowest BCUT2D eigenvalue weighted by Gasteiger charge is -2.39. The largest absolute Gasteiger partial charge is 0.370 e. The molecule has 8 heteroatoms. The van der Waals surface area contributed by atoms with Crippen molar-refractivity contribution in [3.8, 4) is 0 Å². The summed E-state index contributed by atoms with van der Waals surface area (Å²) in [6.07, 6.45) is 5.65. The number of halogens is 3. The van der Waals surface area contributed by atoms with Crippen molar-refractivity contribution in [2.24, 2.45) is 0 Å². The Hall–Kier alpha value is -3.13. The summed E-state index contributed by atoms with van der Waals surface area (Å²) in [4.78, 5) is 26.5. The zero-order valence-electron chi connectivity index (χ0n) is 18.0. The summed E-state index contributed by atoms with van der Waals surface area (Å²) < 4.78 is 45.6.